The Morgan fingerprint density at radius 1 is 1.46 bits per heavy atom. The van der Waals surface area contributed by atoms with Crippen molar-refractivity contribution in [1.82, 2.24) is 4.98 Å². The smallest absolute Gasteiger partial charge is 0.150 e. The number of methoxy groups -OCH3 is 1. The third kappa shape index (κ3) is 1.31. The summed E-state index contributed by atoms with van der Waals surface area (Å²) in [5.74, 6) is 0.213. The molecule has 0 fully saturated rings. The molecule has 1 aromatic heterocycles. The Bertz CT molecular complexity index is 452. The summed E-state index contributed by atoms with van der Waals surface area (Å²) in [6.07, 6.45) is 1.70. The van der Waals surface area contributed by atoms with Gasteiger partial charge in [-0.2, -0.15) is 0 Å². The van der Waals surface area contributed by atoms with Crippen LogP contribution in [0.4, 0.5) is 4.39 Å². The molecule has 2 nitrogen and oxygen atoms in total. The minimum atomic E-state index is -0.306. The van der Waals surface area contributed by atoms with E-state index < -0.39 is 0 Å². The molecule has 0 aliphatic heterocycles. The average molecular weight is 244 g/mol. The lowest BCUT2D eigenvalue weighted by atomic mass is 10.2. The molecule has 0 atom stereocenters. The van der Waals surface area contributed by atoms with E-state index in [1.807, 2.05) is 0 Å². The first-order valence-corrected chi connectivity index (χ1v) is 4.52. The number of ether oxygens (including phenoxy) is 1. The standard InChI is InChI=1S/C9H7BrFNO/c1-13-5-2-6-7(10)4-12-9(6)8(11)3-5/h2-4,12H,1H3. The van der Waals surface area contributed by atoms with Crippen molar-refractivity contribution in [1.29, 1.82) is 0 Å². The Morgan fingerprint density at radius 2 is 2.23 bits per heavy atom. The second-order valence-electron chi connectivity index (χ2n) is 2.67. The molecule has 0 spiro atoms. The van der Waals surface area contributed by atoms with Crippen molar-refractivity contribution < 1.29 is 9.13 Å². The van der Waals surface area contributed by atoms with Crippen LogP contribution in [-0.4, -0.2) is 12.1 Å². The lowest BCUT2D eigenvalue weighted by Gasteiger charge is -2.00. The summed E-state index contributed by atoms with van der Waals surface area (Å²) in [6, 6.07) is 3.13. The molecule has 1 aromatic carbocycles. The summed E-state index contributed by atoms with van der Waals surface area (Å²) in [6.45, 7) is 0. The van der Waals surface area contributed by atoms with Gasteiger partial charge in [0.05, 0.1) is 12.6 Å². The van der Waals surface area contributed by atoms with Crippen molar-refractivity contribution in [3.63, 3.8) is 0 Å². The van der Waals surface area contributed by atoms with E-state index in [1.165, 1.54) is 13.2 Å². The molecule has 0 saturated carbocycles. The number of hydrogen-bond donors (Lipinski definition) is 1. The summed E-state index contributed by atoms with van der Waals surface area (Å²) in [5.41, 5.74) is 0.493. The summed E-state index contributed by atoms with van der Waals surface area (Å²) >= 11 is 3.31. The Hall–Kier alpha value is -1.03. The summed E-state index contributed by atoms with van der Waals surface area (Å²) < 4.78 is 19.1. The lowest BCUT2D eigenvalue weighted by Crippen LogP contribution is -1.85. The molecular weight excluding hydrogens is 237 g/mol. The van der Waals surface area contributed by atoms with Crippen molar-refractivity contribution >= 4 is 26.8 Å². The third-order valence-corrected chi connectivity index (χ3v) is 2.56. The van der Waals surface area contributed by atoms with E-state index in [1.54, 1.807) is 12.3 Å². The zero-order chi connectivity index (χ0) is 9.42. The molecule has 0 radical (unpaired) electrons. The molecular formula is C9H7BrFNO. The SMILES string of the molecule is COc1cc(F)c2[nH]cc(Br)c2c1. The topological polar surface area (TPSA) is 25.0 Å². The maximum Gasteiger partial charge on any atom is 0.150 e. The van der Waals surface area contributed by atoms with Gasteiger partial charge >= 0.3 is 0 Å². The van der Waals surface area contributed by atoms with Gasteiger partial charge < -0.3 is 9.72 Å². The predicted octanol–water partition coefficient (Wildman–Crippen LogP) is 3.08. The van der Waals surface area contributed by atoms with Crippen LogP contribution in [0.5, 0.6) is 5.75 Å². The van der Waals surface area contributed by atoms with Gasteiger partial charge in [0.25, 0.3) is 0 Å². The van der Waals surface area contributed by atoms with Gasteiger partial charge in [-0.25, -0.2) is 4.39 Å². The summed E-state index contributed by atoms with van der Waals surface area (Å²) in [7, 11) is 1.52. The van der Waals surface area contributed by atoms with Crippen LogP contribution in [0.25, 0.3) is 10.9 Å². The fourth-order valence-electron chi connectivity index (χ4n) is 1.25. The summed E-state index contributed by atoms with van der Waals surface area (Å²) in [5, 5.41) is 0.789. The highest BCUT2D eigenvalue weighted by Gasteiger charge is 2.07. The summed E-state index contributed by atoms with van der Waals surface area (Å²) in [4.78, 5) is 2.83. The van der Waals surface area contributed by atoms with Crippen LogP contribution in [0.3, 0.4) is 0 Å². The number of nitrogens with one attached hydrogen (secondary N) is 1. The normalized spacial score (nSPS) is 10.7. The number of hydrogen-bond acceptors (Lipinski definition) is 1. The second-order valence-corrected chi connectivity index (χ2v) is 3.52. The molecule has 1 N–H and O–H groups in total. The van der Waals surface area contributed by atoms with Gasteiger partial charge in [0.1, 0.15) is 5.75 Å². The van der Waals surface area contributed by atoms with Crippen molar-refractivity contribution in [2.45, 2.75) is 0 Å². The van der Waals surface area contributed by atoms with Crippen molar-refractivity contribution in [2.24, 2.45) is 0 Å². The van der Waals surface area contributed by atoms with Crippen LogP contribution >= 0.6 is 15.9 Å². The fraction of sp³-hybridized carbons (Fsp3) is 0.111. The first-order chi connectivity index (χ1) is 6.22. The number of halogens is 2. The Balaban J connectivity index is 2.80. The first-order valence-electron chi connectivity index (χ1n) is 3.72. The van der Waals surface area contributed by atoms with Crippen molar-refractivity contribution in [3.05, 3.63) is 28.6 Å². The average Bonchev–Trinajstić information content (AvgIpc) is 2.48. The number of rotatable bonds is 1. The molecule has 2 rings (SSSR count). The molecule has 1 heterocycles. The molecule has 0 amide bonds. The minimum absolute atomic E-state index is 0.306. The largest absolute Gasteiger partial charge is 0.497 e. The molecule has 0 aliphatic carbocycles. The molecule has 0 unspecified atom stereocenters. The quantitative estimate of drug-likeness (QED) is 0.819. The maximum atomic E-state index is 13.3. The maximum absolute atomic E-state index is 13.3. The van der Waals surface area contributed by atoms with Crippen molar-refractivity contribution in [3.8, 4) is 5.75 Å². The van der Waals surface area contributed by atoms with Crippen LogP contribution in [0.1, 0.15) is 0 Å². The Kier molecular flexibility index (Phi) is 2.00. The van der Waals surface area contributed by atoms with Crippen LogP contribution in [0.15, 0.2) is 22.8 Å². The Morgan fingerprint density at radius 3 is 2.92 bits per heavy atom. The van der Waals surface area contributed by atoms with Gasteiger partial charge in [0.15, 0.2) is 5.82 Å². The minimum Gasteiger partial charge on any atom is -0.497 e. The number of benzene rings is 1. The van der Waals surface area contributed by atoms with E-state index in [0.717, 1.165) is 9.86 Å². The fourth-order valence-corrected chi connectivity index (χ4v) is 1.68. The molecule has 0 bridgehead atoms. The van der Waals surface area contributed by atoms with E-state index in [-0.39, 0.29) is 5.82 Å². The first kappa shape index (κ1) is 8.56. The predicted molar refractivity (Wildman–Crippen MR) is 52.5 cm³/mol. The van der Waals surface area contributed by atoms with Crippen LogP contribution in [0, 0.1) is 5.82 Å². The molecule has 0 saturated heterocycles. The van der Waals surface area contributed by atoms with E-state index in [4.69, 9.17) is 4.74 Å². The highest BCUT2D eigenvalue weighted by molar-refractivity contribution is 9.10. The molecule has 2 aromatic rings. The number of fused-ring (bicyclic) bond motifs is 1. The highest BCUT2D eigenvalue weighted by Crippen LogP contribution is 2.29. The Labute approximate surface area is 82.8 Å². The van der Waals surface area contributed by atoms with Crippen LogP contribution < -0.4 is 4.74 Å². The third-order valence-electron chi connectivity index (χ3n) is 1.90. The van der Waals surface area contributed by atoms with Crippen LogP contribution in [-0.2, 0) is 0 Å². The molecule has 4 heteroatoms. The van der Waals surface area contributed by atoms with Gasteiger partial charge in [0, 0.05) is 22.1 Å². The van der Waals surface area contributed by atoms with E-state index in [2.05, 4.69) is 20.9 Å². The number of H-pyrrole nitrogens is 1. The number of aromatic amines is 1. The van der Waals surface area contributed by atoms with Gasteiger partial charge in [-0.1, -0.05) is 0 Å². The molecule has 0 aliphatic rings. The lowest BCUT2D eigenvalue weighted by molar-refractivity contribution is 0.412. The van der Waals surface area contributed by atoms with Gasteiger partial charge in [-0.15, -0.1) is 0 Å². The zero-order valence-corrected chi connectivity index (χ0v) is 8.48. The zero-order valence-electron chi connectivity index (χ0n) is 6.90. The van der Waals surface area contributed by atoms with Crippen molar-refractivity contribution in [2.75, 3.05) is 7.11 Å². The van der Waals surface area contributed by atoms with E-state index >= 15 is 0 Å². The highest BCUT2D eigenvalue weighted by atomic mass is 79.9. The molecule has 68 valence electrons. The molecule has 13 heavy (non-hydrogen) atoms. The van der Waals surface area contributed by atoms with Gasteiger partial charge in [-0.05, 0) is 22.0 Å². The van der Waals surface area contributed by atoms with Gasteiger partial charge in [-0.3, -0.25) is 0 Å². The van der Waals surface area contributed by atoms with Gasteiger partial charge in [0.2, 0.25) is 0 Å². The monoisotopic (exact) mass is 243 g/mol. The van der Waals surface area contributed by atoms with E-state index in [9.17, 15) is 4.39 Å². The second kappa shape index (κ2) is 3.03. The van der Waals surface area contributed by atoms with E-state index in [0.29, 0.717) is 11.3 Å². The van der Waals surface area contributed by atoms with Crippen LogP contribution in [0.2, 0.25) is 0 Å². The number of aromatic nitrogens is 1.